The number of benzene rings is 1. The summed E-state index contributed by atoms with van der Waals surface area (Å²) in [4.78, 5) is 43.2. The summed E-state index contributed by atoms with van der Waals surface area (Å²) in [5.74, 6) is -0.507. The fourth-order valence-electron chi connectivity index (χ4n) is 4.38. The predicted molar refractivity (Wildman–Crippen MR) is 113 cm³/mol. The summed E-state index contributed by atoms with van der Waals surface area (Å²) in [6.07, 6.45) is 2.06. The molecule has 4 amide bonds. The van der Waals surface area contributed by atoms with E-state index in [0.717, 1.165) is 34.1 Å². The van der Waals surface area contributed by atoms with Crippen LogP contribution in [-0.2, 0) is 14.3 Å². The van der Waals surface area contributed by atoms with Gasteiger partial charge in [-0.1, -0.05) is 11.3 Å². The number of nitrogens with one attached hydrogen (secondary N) is 3. The van der Waals surface area contributed by atoms with Crippen molar-refractivity contribution < 1.29 is 19.1 Å². The summed E-state index contributed by atoms with van der Waals surface area (Å²) in [5.41, 5.74) is 0.824. The topological polar surface area (TPSA) is 113 Å². The minimum absolute atomic E-state index is 0.0492. The molecule has 0 unspecified atom stereocenters. The lowest BCUT2D eigenvalue weighted by Gasteiger charge is -2.33. The Hall–Kier alpha value is -2.72. The van der Waals surface area contributed by atoms with Crippen LogP contribution in [0.3, 0.4) is 0 Å². The van der Waals surface area contributed by atoms with Crippen molar-refractivity contribution in [1.82, 2.24) is 15.6 Å². The van der Waals surface area contributed by atoms with Crippen molar-refractivity contribution in [2.24, 2.45) is 5.92 Å². The molecule has 2 saturated heterocycles. The molecular formula is C20H23N5O4S. The molecule has 1 aliphatic carbocycles. The number of fused-ring (bicyclic) bond motifs is 1. The van der Waals surface area contributed by atoms with Crippen LogP contribution in [0.1, 0.15) is 25.7 Å². The number of hydrogen-bond donors (Lipinski definition) is 3. The van der Waals surface area contributed by atoms with Crippen molar-refractivity contribution in [3.8, 4) is 0 Å². The van der Waals surface area contributed by atoms with E-state index in [9.17, 15) is 14.4 Å². The normalized spacial score (nSPS) is 26.7. The second-order valence-electron chi connectivity index (χ2n) is 8.03. The summed E-state index contributed by atoms with van der Waals surface area (Å²) in [7, 11) is 0. The monoisotopic (exact) mass is 429 g/mol. The summed E-state index contributed by atoms with van der Waals surface area (Å²) in [6, 6.07) is 5.32. The average Bonchev–Trinajstić information content (AvgIpc) is 3.29. The second-order valence-corrected chi connectivity index (χ2v) is 9.04. The van der Waals surface area contributed by atoms with Crippen LogP contribution in [0, 0.1) is 5.92 Å². The highest BCUT2D eigenvalue weighted by Gasteiger charge is 2.48. The number of amides is 4. The first-order valence-corrected chi connectivity index (χ1v) is 11.0. The predicted octanol–water partition coefficient (Wildman–Crippen LogP) is 1.84. The fourth-order valence-corrected chi connectivity index (χ4v) is 5.43. The molecule has 9 nitrogen and oxygen atoms in total. The van der Waals surface area contributed by atoms with Gasteiger partial charge < -0.3 is 20.3 Å². The van der Waals surface area contributed by atoms with Gasteiger partial charge in [0.25, 0.3) is 5.91 Å². The Kier molecular flexibility index (Phi) is 4.82. The maximum Gasteiger partial charge on any atom is 0.322 e. The summed E-state index contributed by atoms with van der Waals surface area (Å²) in [5, 5.41) is 9.02. The Morgan fingerprint density at radius 3 is 2.70 bits per heavy atom. The van der Waals surface area contributed by atoms with E-state index in [1.165, 1.54) is 0 Å². The number of anilines is 2. The zero-order valence-electron chi connectivity index (χ0n) is 16.4. The maximum absolute atomic E-state index is 12.8. The largest absolute Gasteiger partial charge is 0.378 e. The summed E-state index contributed by atoms with van der Waals surface area (Å²) >= 11 is 1.62. The van der Waals surface area contributed by atoms with Crippen LogP contribution in [0.15, 0.2) is 18.2 Å². The van der Waals surface area contributed by atoms with Gasteiger partial charge in [0.2, 0.25) is 5.91 Å². The zero-order chi connectivity index (χ0) is 20.7. The van der Waals surface area contributed by atoms with Gasteiger partial charge in [-0.3, -0.25) is 14.9 Å². The van der Waals surface area contributed by atoms with Crippen LogP contribution in [0.2, 0.25) is 0 Å². The molecule has 1 aromatic heterocycles. The van der Waals surface area contributed by atoms with E-state index in [4.69, 9.17) is 9.72 Å². The molecule has 0 radical (unpaired) electrons. The van der Waals surface area contributed by atoms with E-state index in [0.29, 0.717) is 38.9 Å². The lowest BCUT2D eigenvalue weighted by Crippen LogP contribution is -2.50. The van der Waals surface area contributed by atoms with E-state index in [1.807, 2.05) is 18.2 Å². The lowest BCUT2D eigenvalue weighted by atomic mass is 9.76. The van der Waals surface area contributed by atoms with Crippen molar-refractivity contribution in [2.75, 3.05) is 36.5 Å². The molecule has 2 aromatic rings. The van der Waals surface area contributed by atoms with Crippen LogP contribution in [-0.4, -0.2) is 54.7 Å². The van der Waals surface area contributed by atoms with Crippen LogP contribution in [0.4, 0.5) is 15.6 Å². The molecule has 0 atom stereocenters. The van der Waals surface area contributed by atoms with Crippen LogP contribution >= 0.6 is 11.3 Å². The van der Waals surface area contributed by atoms with Crippen molar-refractivity contribution in [3.05, 3.63) is 18.2 Å². The molecule has 2 aliphatic heterocycles. The summed E-state index contributed by atoms with van der Waals surface area (Å²) in [6.45, 7) is 3.10. The average molecular weight is 430 g/mol. The Bertz CT molecular complexity index is 1010. The number of nitrogens with zero attached hydrogens (tertiary/aromatic N) is 2. The number of ether oxygens (including phenoxy) is 1. The number of carbonyl (C=O) groups excluding carboxylic acids is 3. The number of aromatic nitrogens is 1. The van der Waals surface area contributed by atoms with Gasteiger partial charge in [-0.25, -0.2) is 9.78 Å². The molecule has 5 rings (SSSR count). The molecular weight excluding hydrogens is 406 g/mol. The van der Waals surface area contributed by atoms with Gasteiger partial charge in [0.1, 0.15) is 5.54 Å². The molecule has 1 spiro atoms. The molecule has 3 heterocycles. The van der Waals surface area contributed by atoms with Crippen molar-refractivity contribution in [3.63, 3.8) is 0 Å². The van der Waals surface area contributed by atoms with Crippen LogP contribution in [0.5, 0.6) is 0 Å². The Labute approximate surface area is 177 Å². The van der Waals surface area contributed by atoms with Crippen molar-refractivity contribution in [2.45, 2.75) is 31.2 Å². The number of thiazole rings is 1. The molecule has 3 aliphatic rings. The number of morpholine rings is 1. The van der Waals surface area contributed by atoms with Crippen LogP contribution < -0.4 is 20.9 Å². The summed E-state index contributed by atoms with van der Waals surface area (Å²) < 4.78 is 6.43. The standard InChI is InChI=1S/C20H23N5O4S/c26-16(12-3-5-20(6-4-12)17(27)23-18(28)24-20)21-13-1-2-14-15(11-13)30-19(22-14)25-7-9-29-10-8-25/h1-2,11-12H,3-10H2,(H,21,26)(H2,23,24,27,28). The van der Waals surface area contributed by atoms with Gasteiger partial charge in [-0.05, 0) is 43.9 Å². The van der Waals surface area contributed by atoms with E-state index < -0.39 is 11.6 Å². The molecule has 158 valence electrons. The fraction of sp³-hybridized carbons (Fsp3) is 0.500. The van der Waals surface area contributed by atoms with Crippen molar-refractivity contribution >= 4 is 50.2 Å². The van der Waals surface area contributed by atoms with E-state index in [1.54, 1.807) is 11.3 Å². The van der Waals surface area contributed by atoms with Crippen molar-refractivity contribution in [1.29, 1.82) is 0 Å². The second kappa shape index (κ2) is 7.51. The SMILES string of the molecule is O=C1NC(=O)C2(CCC(C(=O)Nc3ccc4nc(N5CCOCC5)sc4c3)CC2)N1. The molecule has 1 saturated carbocycles. The number of imide groups is 1. The number of hydrogen-bond acceptors (Lipinski definition) is 7. The molecule has 3 fully saturated rings. The highest BCUT2D eigenvalue weighted by Crippen LogP contribution is 2.35. The van der Waals surface area contributed by atoms with Crippen LogP contribution in [0.25, 0.3) is 10.2 Å². The minimum atomic E-state index is -0.842. The quantitative estimate of drug-likeness (QED) is 0.642. The Morgan fingerprint density at radius 1 is 1.23 bits per heavy atom. The smallest absolute Gasteiger partial charge is 0.322 e. The highest BCUT2D eigenvalue weighted by atomic mass is 32.1. The lowest BCUT2D eigenvalue weighted by molar-refractivity contribution is -0.128. The van der Waals surface area contributed by atoms with E-state index in [-0.39, 0.29) is 17.7 Å². The maximum atomic E-state index is 12.8. The van der Waals surface area contributed by atoms with Gasteiger partial charge in [0.05, 0.1) is 23.4 Å². The number of urea groups is 1. The van der Waals surface area contributed by atoms with Gasteiger partial charge in [0, 0.05) is 24.7 Å². The molecule has 30 heavy (non-hydrogen) atoms. The molecule has 3 N–H and O–H groups in total. The third-order valence-electron chi connectivity index (χ3n) is 6.15. The molecule has 1 aromatic carbocycles. The van der Waals surface area contributed by atoms with Gasteiger partial charge >= 0.3 is 6.03 Å². The van der Waals surface area contributed by atoms with E-state index in [2.05, 4.69) is 20.9 Å². The third-order valence-corrected chi connectivity index (χ3v) is 7.23. The van der Waals surface area contributed by atoms with E-state index >= 15 is 0 Å². The number of carbonyl (C=O) groups is 3. The van der Waals surface area contributed by atoms with Gasteiger partial charge in [0.15, 0.2) is 5.13 Å². The molecule has 0 bridgehead atoms. The molecule has 10 heteroatoms. The third kappa shape index (κ3) is 3.50. The highest BCUT2D eigenvalue weighted by molar-refractivity contribution is 7.22. The Morgan fingerprint density at radius 2 is 2.00 bits per heavy atom. The Balaban J connectivity index is 1.24. The first-order valence-electron chi connectivity index (χ1n) is 10.2. The number of rotatable bonds is 3. The van der Waals surface area contributed by atoms with Gasteiger partial charge in [-0.2, -0.15) is 0 Å². The first-order chi connectivity index (χ1) is 14.5. The van der Waals surface area contributed by atoms with Gasteiger partial charge in [-0.15, -0.1) is 0 Å². The minimum Gasteiger partial charge on any atom is -0.378 e. The zero-order valence-corrected chi connectivity index (χ0v) is 17.2. The first kappa shape index (κ1) is 19.3.